The molecule has 0 aliphatic rings. The van der Waals surface area contributed by atoms with Crippen molar-refractivity contribution < 1.29 is 37.6 Å². The molecule has 0 aromatic carbocycles. The van der Waals surface area contributed by atoms with Crippen molar-refractivity contribution >= 4 is 19.8 Å². The lowest BCUT2D eigenvalue weighted by molar-refractivity contribution is -0.161. The van der Waals surface area contributed by atoms with Gasteiger partial charge in [-0.2, -0.15) is 0 Å². The third kappa shape index (κ3) is 41.2. The Bertz CT molecular complexity index is 1100. The summed E-state index contributed by atoms with van der Waals surface area (Å²) in [5.74, 6) is -0.884. The molecule has 0 aromatic rings. The van der Waals surface area contributed by atoms with E-state index in [9.17, 15) is 19.0 Å². The van der Waals surface area contributed by atoms with Crippen molar-refractivity contribution in [1.29, 1.82) is 0 Å². The van der Waals surface area contributed by atoms with Crippen molar-refractivity contribution in [3.63, 3.8) is 0 Å². The van der Waals surface area contributed by atoms with Gasteiger partial charge in [0, 0.05) is 19.4 Å². The molecule has 0 spiro atoms. The van der Waals surface area contributed by atoms with Crippen LogP contribution in [0.4, 0.5) is 0 Å². The first kappa shape index (κ1) is 52.7. The first-order chi connectivity index (χ1) is 26.7. The number of unbranched alkanes of at least 4 members (excludes halogenated alkanes) is 15. The van der Waals surface area contributed by atoms with Gasteiger partial charge in [-0.1, -0.05) is 139 Å². The quantitative estimate of drug-likeness (QED) is 0.0281. The highest BCUT2D eigenvalue weighted by molar-refractivity contribution is 7.47. The number of nitrogens with zero attached hydrogens (tertiary/aromatic N) is 1. The van der Waals surface area contributed by atoms with Gasteiger partial charge in [-0.25, -0.2) is 4.57 Å². The zero-order valence-electron chi connectivity index (χ0n) is 35.3. The van der Waals surface area contributed by atoms with E-state index in [0.717, 1.165) is 64.2 Å². The predicted octanol–water partition coefficient (Wildman–Crippen LogP) is 12.3. The molecule has 0 bridgehead atoms. The first-order valence-electron chi connectivity index (χ1n) is 21.6. The molecule has 0 saturated heterocycles. The Morgan fingerprint density at radius 1 is 0.564 bits per heavy atom. The molecule has 0 saturated carbocycles. The second-order valence-corrected chi connectivity index (χ2v) is 16.0. The van der Waals surface area contributed by atoms with Crippen molar-refractivity contribution in [1.82, 2.24) is 4.90 Å². The number of carbonyl (C=O) groups excluding carboxylic acids is 2. The maximum Gasteiger partial charge on any atom is 0.472 e. The van der Waals surface area contributed by atoms with Gasteiger partial charge >= 0.3 is 19.8 Å². The van der Waals surface area contributed by atoms with Gasteiger partial charge in [0.25, 0.3) is 0 Å². The normalized spacial score (nSPS) is 14.0. The SMILES string of the molecule is CCCCC/C=C\C/C=C\CCCCCCCC(=O)OC(COC(=O)CCC/C=C\C/C=C\C/C=C\CCCCCCCC)COP(=O)(O)OCCN(C)C. The van der Waals surface area contributed by atoms with Crippen molar-refractivity contribution in [2.45, 2.75) is 174 Å². The fraction of sp³-hybridized carbons (Fsp3) is 0.733. The summed E-state index contributed by atoms with van der Waals surface area (Å²) in [5.41, 5.74) is 0. The molecule has 2 atom stereocenters. The fourth-order valence-corrected chi connectivity index (χ4v) is 6.18. The number of hydrogen-bond donors (Lipinski definition) is 1. The molecular formula is C45H80NO8P. The number of phosphoric acid groups is 1. The van der Waals surface area contributed by atoms with Gasteiger partial charge in [0.2, 0.25) is 0 Å². The topological polar surface area (TPSA) is 112 Å². The van der Waals surface area contributed by atoms with Gasteiger partial charge in [-0.05, 0) is 91.1 Å². The smallest absolute Gasteiger partial charge is 0.462 e. The number of esters is 2. The number of phosphoric ester groups is 1. The van der Waals surface area contributed by atoms with Gasteiger partial charge in [-0.15, -0.1) is 0 Å². The molecule has 0 fully saturated rings. The van der Waals surface area contributed by atoms with Crippen LogP contribution in [0.15, 0.2) is 60.8 Å². The Hall–Kier alpha value is -2.29. The molecule has 55 heavy (non-hydrogen) atoms. The summed E-state index contributed by atoms with van der Waals surface area (Å²) < 4.78 is 33.4. The third-order valence-corrected chi connectivity index (χ3v) is 9.78. The number of carbonyl (C=O) groups is 2. The van der Waals surface area contributed by atoms with Crippen LogP contribution < -0.4 is 0 Å². The van der Waals surface area contributed by atoms with Gasteiger partial charge in [0.15, 0.2) is 6.10 Å². The van der Waals surface area contributed by atoms with E-state index in [0.29, 0.717) is 19.4 Å². The van der Waals surface area contributed by atoms with Crippen molar-refractivity contribution in [2.75, 3.05) is 40.5 Å². The Morgan fingerprint density at radius 2 is 1.00 bits per heavy atom. The zero-order chi connectivity index (χ0) is 40.5. The summed E-state index contributed by atoms with van der Waals surface area (Å²) in [6, 6.07) is 0. The first-order valence-corrected chi connectivity index (χ1v) is 23.1. The number of hydrogen-bond acceptors (Lipinski definition) is 8. The van der Waals surface area contributed by atoms with E-state index >= 15 is 0 Å². The van der Waals surface area contributed by atoms with E-state index in [1.54, 1.807) is 0 Å². The van der Waals surface area contributed by atoms with Crippen LogP contribution in [0.3, 0.4) is 0 Å². The van der Waals surface area contributed by atoms with Gasteiger partial charge in [0.05, 0.1) is 13.2 Å². The molecule has 1 N–H and O–H groups in total. The average Bonchev–Trinajstić information content (AvgIpc) is 3.15. The van der Waals surface area contributed by atoms with Gasteiger partial charge in [0.1, 0.15) is 6.61 Å². The minimum absolute atomic E-state index is 0.00548. The van der Waals surface area contributed by atoms with Crippen molar-refractivity contribution in [3.8, 4) is 0 Å². The van der Waals surface area contributed by atoms with Gasteiger partial charge in [-0.3, -0.25) is 18.6 Å². The maximum absolute atomic E-state index is 12.6. The summed E-state index contributed by atoms with van der Waals surface area (Å²) >= 11 is 0. The summed E-state index contributed by atoms with van der Waals surface area (Å²) in [4.78, 5) is 37.0. The van der Waals surface area contributed by atoms with Crippen molar-refractivity contribution in [3.05, 3.63) is 60.8 Å². The van der Waals surface area contributed by atoms with E-state index in [2.05, 4.69) is 74.6 Å². The van der Waals surface area contributed by atoms with Crippen LogP contribution in [0.5, 0.6) is 0 Å². The molecule has 318 valence electrons. The maximum atomic E-state index is 12.6. The molecule has 0 aromatic heterocycles. The van der Waals surface area contributed by atoms with Crippen LogP contribution in [0.2, 0.25) is 0 Å². The van der Waals surface area contributed by atoms with E-state index in [1.807, 2.05) is 19.0 Å². The van der Waals surface area contributed by atoms with E-state index in [1.165, 1.54) is 64.2 Å². The average molecular weight is 794 g/mol. The van der Waals surface area contributed by atoms with E-state index < -0.39 is 32.5 Å². The minimum Gasteiger partial charge on any atom is -0.462 e. The molecule has 0 aliphatic heterocycles. The number of rotatable bonds is 39. The lowest BCUT2D eigenvalue weighted by Crippen LogP contribution is -2.29. The van der Waals surface area contributed by atoms with Crippen LogP contribution in [0, 0.1) is 0 Å². The fourth-order valence-electron chi connectivity index (χ4n) is 5.44. The Kier molecular flexibility index (Phi) is 38.3. The highest BCUT2D eigenvalue weighted by atomic mass is 31.2. The number of ether oxygens (including phenoxy) is 2. The second-order valence-electron chi connectivity index (χ2n) is 14.5. The molecular weight excluding hydrogens is 713 g/mol. The monoisotopic (exact) mass is 794 g/mol. The zero-order valence-corrected chi connectivity index (χ0v) is 36.2. The minimum atomic E-state index is -4.38. The summed E-state index contributed by atoms with van der Waals surface area (Å²) in [7, 11) is -0.745. The van der Waals surface area contributed by atoms with Crippen LogP contribution in [0.25, 0.3) is 0 Å². The Labute approximate surface area is 336 Å². The highest BCUT2D eigenvalue weighted by Crippen LogP contribution is 2.43. The molecule has 10 heteroatoms. The molecule has 2 unspecified atom stereocenters. The summed E-state index contributed by atoms with van der Waals surface area (Å²) in [6.45, 7) is 4.20. The van der Waals surface area contributed by atoms with E-state index in [4.69, 9.17) is 18.5 Å². The molecule has 0 aliphatic carbocycles. The highest BCUT2D eigenvalue weighted by Gasteiger charge is 2.26. The standard InChI is InChI=1S/C45H80NO8P/c1-5-7-9-11-13-15-17-19-21-22-24-25-27-29-31-33-35-37-44(47)51-41-43(42-53-55(49,50)52-40-39-46(3)4)54-45(48)38-36-34-32-30-28-26-23-20-18-16-14-12-10-8-6-2/h14,16,19-21,23-25,29,31,43H,5-13,15,17-18,22,26-28,30,32-42H2,1-4H3,(H,49,50)/b16-14-,21-19-,23-20-,25-24-,31-29-. The van der Waals surface area contributed by atoms with Crippen LogP contribution in [0.1, 0.15) is 168 Å². The Morgan fingerprint density at radius 3 is 1.55 bits per heavy atom. The van der Waals surface area contributed by atoms with Gasteiger partial charge < -0.3 is 19.3 Å². The lowest BCUT2D eigenvalue weighted by Gasteiger charge is -2.20. The molecule has 0 rings (SSSR count). The third-order valence-electron chi connectivity index (χ3n) is 8.80. The number of likely N-dealkylation sites (N-methyl/N-ethyl adjacent to an activating group) is 1. The van der Waals surface area contributed by atoms with Crippen molar-refractivity contribution in [2.24, 2.45) is 0 Å². The Balaban J connectivity index is 4.42. The largest absolute Gasteiger partial charge is 0.472 e. The second kappa shape index (κ2) is 39.9. The molecule has 9 nitrogen and oxygen atoms in total. The molecule has 0 heterocycles. The van der Waals surface area contributed by atoms with Crippen LogP contribution in [-0.4, -0.2) is 68.3 Å². The summed E-state index contributed by atoms with van der Waals surface area (Å²) in [5, 5.41) is 0. The molecule has 0 amide bonds. The number of allylic oxidation sites excluding steroid dienone is 10. The van der Waals surface area contributed by atoms with E-state index in [-0.39, 0.29) is 26.1 Å². The molecule has 0 radical (unpaired) electrons. The summed E-state index contributed by atoms with van der Waals surface area (Å²) in [6.07, 6.45) is 45.6. The lowest BCUT2D eigenvalue weighted by atomic mass is 10.1. The predicted molar refractivity (Wildman–Crippen MR) is 229 cm³/mol. The van der Waals surface area contributed by atoms with Crippen LogP contribution >= 0.6 is 7.82 Å². The van der Waals surface area contributed by atoms with Crippen LogP contribution in [-0.2, 0) is 32.7 Å².